The summed E-state index contributed by atoms with van der Waals surface area (Å²) in [5, 5.41) is 18.5. The molecule has 1 fully saturated rings. The Morgan fingerprint density at radius 3 is 2.81 bits per heavy atom. The van der Waals surface area contributed by atoms with Crippen molar-refractivity contribution >= 4 is 5.91 Å². The third kappa shape index (κ3) is 1.92. The number of H-pyrrole nitrogens is 1. The number of hydrogen-bond acceptors (Lipinski definition) is 4. The maximum absolute atomic E-state index is 11.8. The maximum atomic E-state index is 11.8. The minimum absolute atomic E-state index is 0.0240. The molecule has 1 aliphatic rings. The lowest BCUT2D eigenvalue weighted by Crippen LogP contribution is -2.56. The molecule has 16 heavy (non-hydrogen) atoms. The zero-order valence-electron chi connectivity index (χ0n) is 9.29. The van der Waals surface area contributed by atoms with Gasteiger partial charge in [0.25, 0.3) is 5.91 Å². The van der Waals surface area contributed by atoms with Gasteiger partial charge < -0.3 is 10.4 Å². The third-order valence-corrected chi connectivity index (χ3v) is 3.06. The average molecular weight is 224 g/mol. The van der Waals surface area contributed by atoms with Gasteiger partial charge in [-0.15, -0.1) is 5.10 Å². The molecule has 0 aliphatic heterocycles. The molecule has 2 rings (SSSR count). The van der Waals surface area contributed by atoms with Gasteiger partial charge in [0, 0.05) is 6.42 Å². The van der Waals surface area contributed by atoms with E-state index in [-0.39, 0.29) is 18.3 Å². The molecular weight excluding hydrogens is 208 g/mol. The van der Waals surface area contributed by atoms with Crippen molar-refractivity contribution in [2.45, 2.75) is 38.1 Å². The Labute approximate surface area is 93.5 Å². The molecule has 1 saturated carbocycles. The predicted molar refractivity (Wildman–Crippen MR) is 56.9 cm³/mol. The number of aromatic amines is 1. The van der Waals surface area contributed by atoms with Crippen LogP contribution in [0.3, 0.4) is 0 Å². The van der Waals surface area contributed by atoms with Crippen LogP contribution >= 0.6 is 0 Å². The first kappa shape index (κ1) is 11.1. The average Bonchev–Trinajstić information content (AvgIpc) is 2.71. The molecule has 6 heteroatoms. The minimum atomic E-state index is -0.440. The van der Waals surface area contributed by atoms with Crippen LogP contribution in [-0.4, -0.2) is 38.3 Å². The molecule has 0 unspecified atom stereocenters. The zero-order valence-corrected chi connectivity index (χ0v) is 9.29. The molecule has 1 amide bonds. The smallest absolute Gasteiger partial charge is 0.291 e. The standard InChI is InChI=1S/C10H16N4O2/c1-2-7-11-8(14-13-7)9(16)12-10(6-15)4-3-5-10/h15H,2-6H2,1H3,(H,12,16)(H,11,13,14). The normalized spacial score (nSPS) is 17.9. The van der Waals surface area contributed by atoms with Crippen molar-refractivity contribution in [3.05, 3.63) is 11.6 Å². The van der Waals surface area contributed by atoms with Gasteiger partial charge in [-0.05, 0) is 19.3 Å². The van der Waals surface area contributed by atoms with Gasteiger partial charge >= 0.3 is 0 Å². The van der Waals surface area contributed by atoms with Gasteiger partial charge in [-0.1, -0.05) is 6.92 Å². The first-order valence-corrected chi connectivity index (χ1v) is 5.54. The summed E-state index contributed by atoms with van der Waals surface area (Å²) in [5.41, 5.74) is -0.440. The summed E-state index contributed by atoms with van der Waals surface area (Å²) in [4.78, 5) is 15.8. The molecule has 0 bridgehead atoms. The van der Waals surface area contributed by atoms with E-state index in [1.54, 1.807) is 0 Å². The molecule has 6 nitrogen and oxygen atoms in total. The predicted octanol–water partition coefficient (Wildman–Crippen LogP) is 0.0119. The molecule has 0 saturated heterocycles. The lowest BCUT2D eigenvalue weighted by atomic mass is 9.77. The molecule has 0 radical (unpaired) electrons. The fourth-order valence-corrected chi connectivity index (χ4v) is 1.78. The summed E-state index contributed by atoms with van der Waals surface area (Å²) in [6.07, 6.45) is 3.39. The fourth-order valence-electron chi connectivity index (χ4n) is 1.78. The number of nitrogens with zero attached hydrogens (tertiary/aromatic N) is 2. The first-order chi connectivity index (χ1) is 7.69. The van der Waals surface area contributed by atoms with Crippen molar-refractivity contribution < 1.29 is 9.90 Å². The number of rotatable bonds is 4. The summed E-state index contributed by atoms with van der Waals surface area (Å²) in [6, 6.07) is 0. The Bertz CT molecular complexity index is 378. The Hall–Kier alpha value is -1.43. The van der Waals surface area contributed by atoms with Crippen molar-refractivity contribution in [1.82, 2.24) is 20.5 Å². The third-order valence-electron chi connectivity index (χ3n) is 3.06. The van der Waals surface area contributed by atoms with Crippen LogP contribution in [0.15, 0.2) is 0 Å². The zero-order chi connectivity index (χ0) is 11.6. The highest BCUT2D eigenvalue weighted by atomic mass is 16.3. The van der Waals surface area contributed by atoms with E-state index in [0.29, 0.717) is 12.2 Å². The summed E-state index contributed by atoms with van der Waals surface area (Å²) in [7, 11) is 0. The van der Waals surface area contributed by atoms with Crippen LogP contribution in [0.2, 0.25) is 0 Å². The highest BCUT2D eigenvalue weighted by molar-refractivity contribution is 5.91. The highest BCUT2D eigenvalue weighted by Gasteiger charge is 2.38. The van der Waals surface area contributed by atoms with Crippen LogP contribution in [0, 0.1) is 0 Å². The van der Waals surface area contributed by atoms with Crippen molar-refractivity contribution in [3.63, 3.8) is 0 Å². The van der Waals surface area contributed by atoms with Crippen molar-refractivity contribution in [2.75, 3.05) is 6.61 Å². The van der Waals surface area contributed by atoms with Crippen LogP contribution in [0.1, 0.15) is 42.6 Å². The topological polar surface area (TPSA) is 90.9 Å². The number of aryl methyl sites for hydroxylation is 1. The molecule has 1 aromatic heterocycles. The van der Waals surface area contributed by atoms with Crippen molar-refractivity contribution in [1.29, 1.82) is 0 Å². The van der Waals surface area contributed by atoms with E-state index >= 15 is 0 Å². The number of aromatic nitrogens is 3. The minimum Gasteiger partial charge on any atom is -0.394 e. The van der Waals surface area contributed by atoms with E-state index < -0.39 is 5.54 Å². The second kappa shape index (κ2) is 4.21. The number of amides is 1. The highest BCUT2D eigenvalue weighted by Crippen LogP contribution is 2.31. The first-order valence-electron chi connectivity index (χ1n) is 5.54. The number of carbonyl (C=O) groups is 1. The van der Waals surface area contributed by atoms with Crippen molar-refractivity contribution in [2.24, 2.45) is 0 Å². The van der Waals surface area contributed by atoms with Gasteiger partial charge in [0.15, 0.2) is 0 Å². The van der Waals surface area contributed by atoms with Gasteiger partial charge in [-0.3, -0.25) is 9.89 Å². The van der Waals surface area contributed by atoms with Crippen LogP contribution in [-0.2, 0) is 6.42 Å². The maximum Gasteiger partial charge on any atom is 0.291 e. The molecular formula is C10H16N4O2. The van der Waals surface area contributed by atoms with Gasteiger partial charge in [0.1, 0.15) is 5.82 Å². The SMILES string of the molecule is CCc1nc(C(=O)NC2(CO)CCC2)n[nH]1. The molecule has 1 heterocycles. The molecule has 1 aromatic rings. The number of aliphatic hydroxyl groups is 1. The van der Waals surface area contributed by atoms with Crippen molar-refractivity contribution in [3.8, 4) is 0 Å². The second-order valence-corrected chi connectivity index (χ2v) is 4.21. The van der Waals surface area contributed by atoms with Crippen LogP contribution < -0.4 is 5.32 Å². The lowest BCUT2D eigenvalue weighted by Gasteiger charge is -2.40. The molecule has 3 N–H and O–H groups in total. The second-order valence-electron chi connectivity index (χ2n) is 4.21. The summed E-state index contributed by atoms with van der Waals surface area (Å²) < 4.78 is 0. The van der Waals surface area contributed by atoms with Crippen LogP contribution in [0.25, 0.3) is 0 Å². The van der Waals surface area contributed by atoms with E-state index in [9.17, 15) is 9.90 Å². The van der Waals surface area contributed by atoms with Gasteiger partial charge in [-0.2, -0.15) is 0 Å². The van der Waals surface area contributed by atoms with E-state index in [2.05, 4.69) is 20.5 Å². The fraction of sp³-hybridized carbons (Fsp3) is 0.700. The van der Waals surface area contributed by atoms with Crippen LogP contribution in [0.4, 0.5) is 0 Å². The quantitative estimate of drug-likeness (QED) is 0.672. The number of hydrogen-bond donors (Lipinski definition) is 3. The largest absolute Gasteiger partial charge is 0.394 e. The molecule has 0 aromatic carbocycles. The Balaban J connectivity index is 2.02. The van der Waals surface area contributed by atoms with E-state index in [1.165, 1.54) is 0 Å². The molecule has 0 atom stereocenters. The Morgan fingerprint density at radius 2 is 2.38 bits per heavy atom. The molecule has 0 spiro atoms. The molecule has 1 aliphatic carbocycles. The van der Waals surface area contributed by atoms with E-state index in [1.807, 2.05) is 6.92 Å². The van der Waals surface area contributed by atoms with Gasteiger partial charge in [0.05, 0.1) is 12.1 Å². The Morgan fingerprint density at radius 1 is 1.62 bits per heavy atom. The number of aliphatic hydroxyl groups excluding tert-OH is 1. The van der Waals surface area contributed by atoms with Gasteiger partial charge in [0.2, 0.25) is 5.82 Å². The molecule has 88 valence electrons. The lowest BCUT2D eigenvalue weighted by molar-refractivity contribution is 0.0633. The number of carbonyl (C=O) groups excluding carboxylic acids is 1. The van der Waals surface area contributed by atoms with E-state index in [4.69, 9.17) is 0 Å². The number of nitrogens with one attached hydrogen (secondary N) is 2. The summed E-state index contributed by atoms with van der Waals surface area (Å²) >= 11 is 0. The summed E-state index contributed by atoms with van der Waals surface area (Å²) in [6.45, 7) is 1.91. The Kier molecular flexibility index (Phi) is 2.91. The van der Waals surface area contributed by atoms with Crippen LogP contribution in [0.5, 0.6) is 0 Å². The van der Waals surface area contributed by atoms with Gasteiger partial charge in [-0.25, -0.2) is 4.98 Å². The van der Waals surface area contributed by atoms with E-state index in [0.717, 1.165) is 19.3 Å². The summed E-state index contributed by atoms with van der Waals surface area (Å²) in [5.74, 6) is 0.526. The monoisotopic (exact) mass is 224 g/mol.